The number of fused-ring (bicyclic) bond motifs is 1. The van der Waals surface area contributed by atoms with Crippen molar-refractivity contribution >= 4 is 17.5 Å². The van der Waals surface area contributed by atoms with Gasteiger partial charge in [0, 0.05) is 0 Å². The summed E-state index contributed by atoms with van der Waals surface area (Å²) in [6.07, 6.45) is 6.39. The zero-order chi connectivity index (χ0) is 13.9. The van der Waals surface area contributed by atoms with Gasteiger partial charge in [0.2, 0.25) is 11.8 Å². The zero-order valence-corrected chi connectivity index (χ0v) is 11.5. The topological polar surface area (TPSA) is 37.4 Å². The monoisotopic (exact) mass is 267 g/mol. The van der Waals surface area contributed by atoms with Crippen LogP contribution in [-0.2, 0) is 9.59 Å². The minimum Gasteiger partial charge on any atom is -0.274 e. The predicted octanol–water partition coefficient (Wildman–Crippen LogP) is 2.70. The predicted molar refractivity (Wildman–Crippen MR) is 76.0 cm³/mol. The number of amides is 2. The highest BCUT2D eigenvalue weighted by molar-refractivity contribution is 6.22. The maximum Gasteiger partial charge on any atom is 0.238 e. The van der Waals surface area contributed by atoms with Crippen LogP contribution in [0.25, 0.3) is 0 Å². The second kappa shape index (κ2) is 4.05. The molecule has 0 radical (unpaired) electrons. The summed E-state index contributed by atoms with van der Waals surface area (Å²) in [5.74, 6) is 0.291. The van der Waals surface area contributed by atoms with E-state index >= 15 is 0 Å². The molecule has 0 unspecified atom stereocenters. The van der Waals surface area contributed by atoms with Gasteiger partial charge in [-0.2, -0.15) is 0 Å². The molecule has 0 spiro atoms. The molecule has 1 aliphatic heterocycles. The van der Waals surface area contributed by atoms with Crippen molar-refractivity contribution < 1.29 is 9.59 Å². The molecule has 2 fully saturated rings. The molecule has 1 aromatic carbocycles. The van der Waals surface area contributed by atoms with E-state index in [4.69, 9.17) is 0 Å². The molecule has 5 rings (SSSR count). The molecule has 3 aliphatic carbocycles. The van der Waals surface area contributed by atoms with Crippen molar-refractivity contribution in [3.8, 4) is 0 Å². The first-order valence-electron chi connectivity index (χ1n) is 7.29. The van der Waals surface area contributed by atoms with Gasteiger partial charge in [0.05, 0.1) is 17.5 Å². The normalized spacial score (nSPS) is 34.8. The molecule has 20 heavy (non-hydrogen) atoms. The number of anilines is 1. The Bertz CT molecular complexity index is 584. The maximum atomic E-state index is 12.7. The van der Waals surface area contributed by atoms with Crippen LogP contribution >= 0.6 is 0 Å². The fraction of sp³-hybridized carbons (Fsp3) is 0.412. The molecular weight excluding hydrogens is 250 g/mol. The van der Waals surface area contributed by atoms with Gasteiger partial charge in [-0.1, -0.05) is 29.8 Å². The minimum absolute atomic E-state index is 0.00269. The molecular formula is C17H17NO2. The summed E-state index contributed by atoms with van der Waals surface area (Å²) in [5, 5.41) is 0. The van der Waals surface area contributed by atoms with E-state index in [1.807, 2.05) is 31.2 Å². The summed E-state index contributed by atoms with van der Waals surface area (Å²) < 4.78 is 0. The Balaban J connectivity index is 1.75. The second-order valence-electron chi connectivity index (χ2n) is 6.19. The summed E-state index contributed by atoms with van der Waals surface area (Å²) in [4.78, 5) is 26.8. The van der Waals surface area contributed by atoms with Crippen LogP contribution in [0.4, 0.5) is 5.69 Å². The van der Waals surface area contributed by atoms with Crippen molar-refractivity contribution in [1.29, 1.82) is 0 Å². The Morgan fingerprint density at radius 1 is 0.900 bits per heavy atom. The van der Waals surface area contributed by atoms with Crippen LogP contribution in [0.5, 0.6) is 0 Å². The Kier molecular flexibility index (Phi) is 2.40. The van der Waals surface area contributed by atoms with Crippen LogP contribution in [0, 0.1) is 30.6 Å². The first-order chi connectivity index (χ1) is 9.66. The Hall–Kier alpha value is -1.90. The number of carbonyl (C=O) groups excluding carboxylic acids is 2. The molecule has 1 heterocycles. The van der Waals surface area contributed by atoms with Gasteiger partial charge in [0.15, 0.2) is 0 Å². The highest BCUT2D eigenvalue weighted by Gasteiger charge is 2.56. The number of hydrogen-bond acceptors (Lipinski definition) is 2. The van der Waals surface area contributed by atoms with Crippen LogP contribution in [0.1, 0.15) is 18.4 Å². The van der Waals surface area contributed by atoms with Crippen LogP contribution in [0.2, 0.25) is 0 Å². The van der Waals surface area contributed by atoms with Crippen molar-refractivity contribution in [2.45, 2.75) is 19.8 Å². The SMILES string of the molecule is Cc1ccc(N2C(=O)[C@@H]3[C@@H](C2=O)[C@@H]2C=C[C@@H]3CC2)cc1. The number of carbonyl (C=O) groups is 2. The van der Waals surface area contributed by atoms with E-state index in [9.17, 15) is 9.59 Å². The summed E-state index contributed by atoms with van der Waals surface area (Å²) >= 11 is 0. The average molecular weight is 267 g/mol. The van der Waals surface area contributed by atoms with Crippen LogP contribution in [0.15, 0.2) is 36.4 Å². The molecule has 2 bridgehead atoms. The lowest BCUT2D eigenvalue weighted by molar-refractivity contribution is -0.124. The Morgan fingerprint density at radius 2 is 1.40 bits per heavy atom. The molecule has 4 aliphatic rings. The summed E-state index contributed by atoms with van der Waals surface area (Å²) in [6.45, 7) is 2.00. The second-order valence-corrected chi connectivity index (χ2v) is 6.19. The van der Waals surface area contributed by atoms with Crippen molar-refractivity contribution in [3.05, 3.63) is 42.0 Å². The third kappa shape index (κ3) is 1.46. The van der Waals surface area contributed by atoms with Gasteiger partial charge < -0.3 is 0 Å². The van der Waals surface area contributed by atoms with E-state index in [0.29, 0.717) is 0 Å². The molecule has 1 saturated carbocycles. The summed E-state index contributed by atoms with van der Waals surface area (Å²) in [5.41, 5.74) is 1.85. The molecule has 102 valence electrons. The van der Waals surface area contributed by atoms with E-state index in [-0.39, 0.29) is 35.5 Å². The number of imide groups is 1. The molecule has 1 saturated heterocycles. The number of aryl methyl sites for hydroxylation is 1. The third-order valence-corrected chi connectivity index (χ3v) is 5.05. The van der Waals surface area contributed by atoms with Crippen molar-refractivity contribution in [2.24, 2.45) is 23.7 Å². The van der Waals surface area contributed by atoms with Gasteiger partial charge in [-0.3, -0.25) is 14.5 Å². The first kappa shape index (κ1) is 11.9. The molecule has 4 atom stereocenters. The first-order valence-corrected chi connectivity index (χ1v) is 7.29. The largest absolute Gasteiger partial charge is 0.274 e. The van der Waals surface area contributed by atoms with Gasteiger partial charge in [-0.15, -0.1) is 0 Å². The van der Waals surface area contributed by atoms with Gasteiger partial charge in [-0.05, 0) is 43.7 Å². The average Bonchev–Trinajstić information content (AvgIpc) is 2.76. The van der Waals surface area contributed by atoms with E-state index in [1.165, 1.54) is 4.90 Å². The molecule has 3 heteroatoms. The smallest absolute Gasteiger partial charge is 0.238 e. The number of rotatable bonds is 1. The lowest BCUT2D eigenvalue weighted by atomic mass is 9.63. The quantitative estimate of drug-likeness (QED) is 0.579. The highest BCUT2D eigenvalue weighted by Crippen LogP contribution is 2.50. The fourth-order valence-corrected chi connectivity index (χ4v) is 4.02. The Labute approximate surface area is 118 Å². The van der Waals surface area contributed by atoms with Gasteiger partial charge in [0.1, 0.15) is 0 Å². The number of benzene rings is 1. The molecule has 0 aromatic heterocycles. The number of nitrogens with zero attached hydrogens (tertiary/aromatic N) is 1. The molecule has 2 amide bonds. The van der Waals surface area contributed by atoms with Gasteiger partial charge in [0.25, 0.3) is 0 Å². The highest BCUT2D eigenvalue weighted by atomic mass is 16.2. The molecule has 1 aromatic rings. The van der Waals surface area contributed by atoms with E-state index in [1.54, 1.807) is 0 Å². The lowest BCUT2D eigenvalue weighted by Gasteiger charge is -2.38. The van der Waals surface area contributed by atoms with E-state index in [0.717, 1.165) is 24.1 Å². The van der Waals surface area contributed by atoms with Crippen LogP contribution in [-0.4, -0.2) is 11.8 Å². The van der Waals surface area contributed by atoms with Crippen molar-refractivity contribution in [2.75, 3.05) is 4.90 Å². The molecule has 3 nitrogen and oxygen atoms in total. The number of hydrogen-bond donors (Lipinski definition) is 0. The standard InChI is InChI=1S/C17H17NO2/c1-10-2-8-13(9-3-10)18-16(19)14-11-4-5-12(7-6-11)15(14)17(18)20/h2-5,8-9,11-12,14-15H,6-7H2,1H3/t11-,12-,14+,15+/m1/s1. The lowest BCUT2D eigenvalue weighted by Crippen LogP contribution is -2.38. The van der Waals surface area contributed by atoms with Crippen LogP contribution < -0.4 is 4.90 Å². The summed E-state index contributed by atoms with van der Waals surface area (Å²) in [7, 11) is 0. The van der Waals surface area contributed by atoms with Crippen molar-refractivity contribution in [3.63, 3.8) is 0 Å². The number of allylic oxidation sites excluding steroid dienone is 2. The fourth-order valence-electron chi connectivity index (χ4n) is 4.02. The van der Waals surface area contributed by atoms with E-state index in [2.05, 4.69) is 12.2 Å². The van der Waals surface area contributed by atoms with Gasteiger partial charge >= 0.3 is 0 Å². The minimum atomic E-state index is -0.118. The Morgan fingerprint density at radius 3 is 1.85 bits per heavy atom. The van der Waals surface area contributed by atoms with E-state index < -0.39 is 0 Å². The third-order valence-electron chi connectivity index (χ3n) is 5.05. The maximum absolute atomic E-state index is 12.7. The zero-order valence-electron chi connectivity index (χ0n) is 11.5. The molecule has 0 N–H and O–H groups in total. The van der Waals surface area contributed by atoms with Crippen LogP contribution in [0.3, 0.4) is 0 Å². The van der Waals surface area contributed by atoms with Crippen molar-refractivity contribution in [1.82, 2.24) is 0 Å². The summed E-state index contributed by atoms with van der Waals surface area (Å²) in [6, 6.07) is 7.64. The van der Waals surface area contributed by atoms with Gasteiger partial charge in [-0.25, -0.2) is 0 Å².